The lowest BCUT2D eigenvalue weighted by atomic mass is 10.2. The molecule has 7 heteroatoms. The third-order valence-corrected chi connectivity index (χ3v) is 4.06. The largest absolute Gasteiger partial charge is 0.441 e. The second kappa shape index (κ2) is 4.75. The first kappa shape index (κ1) is 12.3. The number of anilines is 2. The van der Waals surface area contributed by atoms with Crippen LogP contribution in [0, 0.1) is 0 Å². The quantitative estimate of drug-likeness (QED) is 0.846. The summed E-state index contributed by atoms with van der Waals surface area (Å²) in [5.41, 5.74) is 1.36. The molecule has 1 atom stereocenters. The molecule has 2 N–H and O–H groups in total. The average Bonchev–Trinajstić information content (AvgIpc) is 2.79. The van der Waals surface area contributed by atoms with Crippen molar-refractivity contribution in [3.05, 3.63) is 18.2 Å². The predicted octanol–water partition coefficient (Wildman–Crippen LogP) is 1.05. The van der Waals surface area contributed by atoms with E-state index < -0.39 is 12.2 Å². The summed E-state index contributed by atoms with van der Waals surface area (Å²) in [6.07, 6.45) is -0.971. The van der Waals surface area contributed by atoms with Gasteiger partial charge in [0.2, 0.25) is 5.91 Å². The van der Waals surface area contributed by atoms with Gasteiger partial charge in [0.25, 0.3) is 0 Å². The van der Waals surface area contributed by atoms with Crippen molar-refractivity contribution in [1.82, 2.24) is 0 Å². The number of hydrogen-bond acceptors (Lipinski definition) is 5. The summed E-state index contributed by atoms with van der Waals surface area (Å²) in [6.45, 7) is 0.120. The summed E-state index contributed by atoms with van der Waals surface area (Å²) >= 11 is 1.47. The maximum absolute atomic E-state index is 11.7. The summed E-state index contributed by atoms with van der Waals surface area (Å²) < 4.78 is 4.99. The first-order valence-electron chi connectivity index (χ1n) is 5.83. The number of carbonyl (C=O) groups is 2. The van der Waals surface area contributed by atoms with Crippen LogP contribution in [0.5, 0.6) is 0 Å². The van der Waals surface area contributed by atoms with Crippen LogP contribution >= 0.6 is 11.8 Å². The summed E-state index contributed by atoms with van der Waals surface area (Å²) in [5.74, 6) is 0.358. The maximum Gasteiger partial charge on any atom is 0.414 e. The van der Waals surface area contributed by atoms with Gasteiger partial charge in [-0.1, -0.05) is 0 Å². The monoisotopic (exact) mass is 280 g/mol. The van der Waals surface area contributed by atoms with Gasteiger partial charge < -0.3 is 15.2 Å². The first-order chi connectivity index (χ1) is 9.17. The fourth-order valence-electron chi connectivity index (χ4n) is 2.07. The zero-order chi connectivity index (χ0) is 13.4. The number of thioether (sulfide) groups is 1. The number of rotatable bonds is 2. The Morgan fingerprint density at radius 3 is 3.05 bits per heavy atom. The molecule has 100 valence electrons. The van der Waals surface area contributed by atoms with Crippen molar-refractivity contribution in [2.75, 3.05) is 29.1 Å². The molecule has 3 rings (SSSR count). The number of hydrogen-bond donors (Lipinski definition) is 2. The van der Waals surface area contributed by atoms with E-state index in [0.717, 1.165) is 4.90 Å². The Hall–Kier alpha value is -1.73. The Kier molecular flexibility index (Phi) is 3.08. The first-order valence-corrected chi connectivity index (χ1v) is 6.81. The fourth-order valence-corrected chi connectivity index (χ4v) is 2.85. The topological polar surface area (TPSA) is 78.9 Å². The van der Waals surface area contributed by atoms with Gasteiger partial charge in [-0.3, -0.25) is 9.69 Å². The molecule has 6 nitrogen and oxygen atoms in total. The van der Waals surface area contributed by atoms with E-state index in [4.69, 9.17) is 9.84 Å². The molecule has 19 heavy (non-hydrogen) atoms. The molecule has 2 aliphatic heterocycles. The van der Waals surface area contributed by atoms with Crippen LogP contribution < -0.4 is 10.2 Å². The minimum Gasteiger partial charge on any atom is -0.441 e. The molecule has 2 amide bonds. The highest BCUT2D eigenvalue weighted by Gasteiger charge is 2.32. The molecule has 0 saturated carbocycles. The molecule has 1 fully saturated rings. The minimum absolute atomic E-state index is 0.0492. The van der Waals surface area contributed by atoms with Crippen molar-refractivity contribution in [2.24, 2.45) is 0 Å². The number of aliphatic hydroxyl groups excluding tert-OH is 1. The van der Waals surface area contributed by atoms with Gasteiger partial charge in [0.1, 0.15) is 6.10 Å². The van der Waals surface area contributed by atoms with E-state index in [2.05, 4.69) is 5.32 Å². The smallest absolute Gasteiger partial charge is 0.414 e. The van der Waals surface area contributed by atoms with E-state index >= 15 is 0 Å². The van der Waals surface area contributed by atoms with Crippen molar-refractivity contribution in [3.63, 3.8) is 0 Å². The second-order valence-electron chi connectivity index (χ2n) is 4.32. The normalized spacial score (nSPS) is 21.9. The van der Waals surface area contributed by atoms with E-state index in [9.17, 15) is 9.59 Å². The zero-order valence-corrected chi connectivity index (χ0v) is 10.8. The third kappa shape index (κ3) is 2.26. The number of ether oxygens (including phenoxy) is 1. The standard InChI is InChI=1S/C12H12N2O4S/c15-5-8-4-14(12(17)18-8)7-1-2-10-9(3-7)13-11(16)6-19-10/h1-3,8,15H,4-6H2,(H,13,16)/t8-/m0/s1. The van der Waals surface area contributed by atoms with Crippen LogP contribution in [0.3, 0.4) is 0 Å². The SMILES string of the molecule is O=C1CSc2ccc(N3C[C@@H](CO)OC3=O)cc2N1. The molecular weight excluding hydrogens is 268 g/mol. The van der Waals surface area contributed by atoms with Gasteiger partial charge in [-0.25, -0.2) is 4.79 Å². The molecule has 0 radical (unpaired) electrons. The summed E-state index contributed by atoms with van der Waals surface area (Å²) in [6, 6.07) is 5.43. The Bertz CT molecular complexity index is 549. The number of carbonyl (C=O) groups excluding carboxylic acids is 2. The molecule has 2 aliphatic rings. The predicted molar refractivity (Wildman–Crippen MR) is 70.5 cm³/mol. The van der Waals surface area contributed by atoms with E-state index in [1.165, 1.54) is 16.7 Å². The molecule has 1 saturated heterocycles. The van der Waals surface area contributed by atoms with Crippen molar-refractivity contribution >= 4 is 35.1 Å². The zero-order valence-electron chi connectivity index (χ0n) is 9.96. The Morgan fingerprint density at radius 2 is 2.32 bits per heavy atom. The summed E-state index contributed by atoms with van der Waals surface area (Å²) in [4.78, 5) is 25.5. The second-order valence-corrected chi connectivity index (χ2v) is 5.33. The van der Waals surface area contributed by atoms with Gasteiger partial charge in [-0.15, -0.1) is 11.8 Å². The van der Waals surface area contributed by atoms with E-state index in [0.29, 0.717) is 23.7 Å². The number of nitrogens with zero attached hydrogens (tertiary/aromatic N) is 1. The van der Waals surface area contributed by atoms with Crippen molar-refractivity contribution in [1.29, 1.82) is 0 Å². The molecule has 0 unspecified atom stereocenters. The van der Waals surface area contributed by atoms with Crippen LogP contribution in [0.4, 0.5) is 16.2 Å². The molecule has 0 aliphatic carbocycles. The lowest BCUT2D eigenvalue weighted by Gasteiger charge is -2.19. The highest BCUT2D eigenvalue weighted by Crippen LogP contribution is 2.35. The fraction of sp³-hybridized carbons (Fsp3) is 0.333. The number of amides is 2. The van der Waals surface area contributed by atoms with Crippen molar-refractivity contribution in [3.8, 4) is 0 Å². The van der Waals surface area contributed by atoms with Gasteiger partial charge in [0.05, 0.1) is 24.6 Å². The minimum atomic E-state index is -0.493. The number of cyclic esters (lactones) is 1. The molecule has 1 aromatic rings. The van der Waals surface area contributed by atoms with Gasteiger partial charge in [0, 0.05) is 10.6 Å². The van der Waals surface area contributed by atoms with E-state index in [1.807, 2.05) is 12.1 Å². The van der Waals surface area contributed by atoms with E-state index in [1.54, 1.807) is 6.07 Å². The Labute approximate surface area is 113 Å². The van der Waals surface area contributed by atoms with Gasteiger partial charge in [-0.2, -0.15) is 0 Å². The summed E-state index contributed by atoms with van der Waals surface area (Å²) in [7, 11) is 0. The number of benzene rings is 1. The lowest BCUT2D eigenvalue weighted by molar-refractivity contribution is -0.113. The average molecular weight is 280 g/mol. The number of fused-ring (bicyclic) bond motifs is 1. The van der Waals surface area contributed by atoms with Gasteiger partial charge in [-0.05, 0) is 18.2 Å². The van der Waals surface area contributed by atoms with Crippen LogP contribution in [0.2, 0.25) is 0 Å². The lowest BCUT2D eigenvalue weighted by Crippen LogP contribution is -2.26. The van der Waals surface area contributed by atoms with Crippen LogP contribution in [0.25, 0.3) is 0 Å². The van der Waals surface area contributed by atoms with Crippen molar-refractivity contribution in [2.45, 2.75) is 11.0 Å². The van der Waals surface area contributed by atoms with Crippen LogP contribution in [0.1, 0.15) is 0 Å². The van der Waals surface area contributed by atoms with Gasteiger partial charge >= 0.3 is 6.09 Å². The molecule has 0 aromatic heterocycles. The molecular formula is C12H12N2O4S. The molecule has 0 spiro atoms. The Morgan fingerprint density at radius 1 is 1.47 bits per heavy atom. The summed E-state index contributed by atoms with van der Waals surface area (Å²) in [5, 5.41) is 11.8. The maximum atomic E-state index is 11.7. The van der Waals surface area contributed by atoms with Crippen LogP contribution in [-0.2, 0) is 9.53 Å². The van der Waals surface area contributed by atoms with Crippen LogP contribution in [0.15, 0.2) is 23.1 Å². The highest BCUT2D eigenvalue weighted by molar-refractivity contribution is 8.00. The van der Waals surface area contributed by atoms with Crippen molar-refractivity contribution < 1.29 is 19.4 Å². The van der Waals surface area contributed by atoms with E-state index in [-0.39, 0.29) is 12.5 Å². The molecule has 2 heterocycles. The molecule has 0 bridgehead atoms. The third-order valence-electron chi connectivity index (χ3n) is 2.99. The number of aliphatic hydroxyl groups is 1. The van der Waals surface area contributed by atoms with Gasteiger partial charge in [0.15, 0.2) is 0 Å². The Balaban J connectivity index is 1.88. The van der Waals surface area contributed by atoms with Crippen LogP contribution in [-0.4, -0.2) is 42.1 Å². The number of nitrogens with one attached hydrogen (secondary N) is 1. The highest BCUT2D eigenvalue weighted by atomic mass is 32.2. The molecule has 1 aromatic carbocycles.